The highest BCUT2D eigenvalue weighted by Crippen LogP contribution is 2.29. The zero-order valence-electron chi connectivity index (χ0n) is 14.8. The lowest BCUT2D eigenvalue weighted by atomic mass is 10.1. The Hall–Kier alpha value is -2.79. The Balaban J connectivity index is 1.74. The smallest absolute Gasteiger partial charge is 0.264 e. The lowest BCUT2D eigenvalue weighted by molar-refractivity contribution is -0.115. The van der Waals surface area contributed by atoms with Gasteiger partial charge >= 0.3 is 0 Å². The number of nitrogens with one attached hydrogen (secondary N) is 1. The predicted octanol–water partition coefficient (Wildman–Crippen LogP) is 4.76. The second kappa shape index (κ2) is 8.06. The zero-order chi connectivity index (χ0) is 18.5. The summed E-state index contributed by atoms with van der Waals surface area (Å²) in [5.74, 6) is 0.636. The maximum Gasteiger partial charge on any atom is 0.264 e. The molecular weight excluding hydrogens is 344 g/mol. The molecule has 26 heavy (non-hydrogen) atoms. The predicted molar refractivity (Wildman–Crippen MR) is 109 cm³/mol. The topological polar surface area (TPSA) is 50.7 Å². The van der Waals surface area contributed by atoms with E-state index in [1.54, 1.807) is 6.08 Å². The number of amides is 1. The molecule has 2 aromatic carbocycles. The van der Waals surface area contributed by atoms with Crippen LogP contribution in [0.5, 0.6) is 5.75 Å². The fourth-order valence-corrected chi connectivity index (χ4v) is 3.20. The van der Waals surface area contributed by atoms with E-state index in [2.05, 4.69) is 23.8 Å². The fraction of sp³-hybridized carbons (Fsp3) is 0.143. The Kier molecular flexibility index (Phi) is 5.58. The number of aryl methyl sites for hydroxylation is 2. The fourth-order valence-electron chi connectivity index (χ4n) is 2.36. The van der Waals surface area contributed by atoms with Crippen LogP contribution < -0.4 is 10.1 Å². The van der Waals surface area contributed by atoms with E-state index in [0.29, 0.717) is 16.7 Å². The quantitative estimate of drug-likeness (QED) is 0.615. The molecule has 0 spiro atoms. The van der Waals surface area contributed by atoms with Crippen LogP contribution in [0, 0.1) is 13.8 Å². The molecule has 0 aromatic heterocycles. The molecule has 1 heterocycles. The molecule has 2 aromatic rings. The van der Waals surface area contributed by atoms with Crippen molar-refractivity contribution in [1.82, 2.24) is 5.32 Å². The maximum atomic E-state index is 12.2. The van der Waals surface area contributed by atoms with E-state index in [1.807, 2.05) is 55.5 Å². The Morgan fingerprint density at radius 2 is 1.92 bits per heavy atom. The van der Waals surface area contributed by atoms with Crippen molar-refractivity contribution in [3.8, 4) is 5.75 Å². The summed E-state index contributed by atoms with van der Waals surface area (Å²) in [5.41, 5.74) is 4.16. The number of benzene rings is 2. The number of amidine groups is 1. The van der Waals surface area contributed by atoms with Gasteiger partial charge in [0.1, 0.15) is 12.4 Å². The van der Waals surface area contributed by atoms with E-state index in [9.17, 15) is 4.79 Å². The molecule has 1 aliphatic heterocycles. The third kappa shape index (κ3) is 4.43. The average Bonchev–Trinajstić information content (AvgIpc) is 2.96. The van der Waals surface area contributed by atoms with Gasteiger partial charge in [0.2, 0.25) is 0 Å². The molecule has 0 unspecified atom stereocenters. The van der Waals surface area contributed by atoms with Gasteiger partial charge in [-0.15, -0.1) is 0 Å². The van der Waals surface area contributed by atoms with Crippen LogP contribution >= 0.6 is 11.8 Å². The summed E-state index contributed by atoms with van der Waals surface area (Å²) in [6.45, 7) is 8.20. The van der Waals surface area contributed by atoms with Gasteiger partial charge in [-0.25, -0.2) is 4.99 Å². The van der Waals surface area contributed by atoms with E-state index < -0.39 is 0 Å². The maximum absolute atomic E-state index is 12.2. The van der Waals surface area contributed by atoms with Crippen LogP contribution in [0.1, 0.15) is 16.7 Å². The first-order chi connectivity index (χ1) is 12.5. The molecule has 0 aliphatic carbocycles. The Bertz CT molecular complexity index is 899. The molecule has 4 nitrogen and oxygen atoms in total. The Morgan fingerprint density at radius 3 is 2.62 bits per heavy atom. The first-order valence-electron chi connectivity index (χ1n) is 8.26. The van der Waals surface area contributed by atoms with E-state index in [1.165, 1.54) is 22.9 Å². The minimum atomic E-state index is -0.135. The van der Waals surface area contributed by atoms with E-state index in [0.717, 1.165) is 17.0 Å². The summed E-state index contributed by atoms with van der Waals surface area (Å²) in [6.07, 6.45) is 3.55. The summed E-state index contributed by atoms with van der Waals surface area (Å²) in [7, 11) is 0. The van der Waals surface area contributed by atoms with Crippen molar-refractivity contribution in [2.24, 2.45) is 4.99 Å². The normalized spacial score (nSPS) is 16.8. The number of rotatable bonds is 5. The monoisotopic (exact) mass is 364 g/mol. The number of carbonyl (C=O) groups is 1. The Morgan fingerprint density at radius 1 is 1.15 bits per heavy atom. The van der Waals surface area contributed by atoms with Crippen LogP contribution in [0.15, 0.2) is 65.0 Å². The number of thioether (sulfide) groups is 1. The summed E-state index contributed by atoms with van der Waals surface area (Å²) in [5, 5.41) is 3.41. The summed E-state index contributed by atoms with van der Waals surface area (Å²) < 4.78 is 5.46. The van der Waals surface area contributed by atoms with Crippen molar-refractivity contribution >= 4 is 34.6 Å². The molecule has 1 aliphatic rings. The molecular formula is C21H20N2O2S. The highest BCUT2D eigenvalue weighted by Gasteiger charge is 2.23. The molecule has 5 heteroatoms. The van der Waals surface area contributed by atoms with Crippen molar-refractivity contribution in [2.45, 2.75) is 13.8 Å². The Labute approximate surface area is 157 Å². The van der Waals surface area contributed by atoms with E-state index >= 15 is 0 Å². The SMILES string of the molecule is C=CCOc1ccc(/C=C2\SC(=Nc3ccc(C)c(C)c3)NC2=O)cc1. The summed E-state index contributed by atoms with van der Waals surface area (Å²) >= 11 is 1.34. The first kappa shape index (κ1) is 18.0. The van der Waals surface area contributed by atoms with Gasteiger partial charge in [0, 0.05) is 0 Å². The van der Waals surface area contributed by atoms with E-state index in [-0.39, 0.29) is 5.91 Å². The third-order valence-corrected chi connectivity index (χ3v) is 4.83. The van der Waals surface area contributed by atoms with Gasteiger partial charge in [-0.2, -0.15) is 0 Å². The number of hydrogen-bond acceptors (Lipinski definition) is 4. The van der Waals surface area contributed by atoms with Crippen molar-refractivity contribution < 1.29 is 9.53 Å². The highest BCUT2D eigenvalue weighted by molar-refractivity contribution is 8.18. The summed E-state index contributed by atoms with van der Waals surface area (Å²) in [6, 6.07) is 13.6. The average molecular weight is 364 g/mol. The van der Waals surface area contributed by atoms with Crippen LogP contribution in [0.2, 0.25) is 0 Å². The number of carbonyl (C=O) groups excluding carboxylic acids is 1. The van der Waals surface area contributed by atoms with Gasteiger partial charge in [-0.3, -0.25) is 4.79 Å². The van der Waals surface area contributed by atoms with Gasteiger partial charge in [0.15, 0.2) is 5.17 Å². The molecule has 0 saturated carbocycles. The lowest BCUT2D eigenvalue weighted by Crippen LogP contribution is -2.19. The molecule has 1 N–H and O–H groups in total. The summed E-state index contributed by atoms with van der Waals surface area (Å²) in [4.78, 5) is 17.3. The first-order valence-corrected chi connectivity index (χ1v) is 9.07. The van der Waals surface area contributed by atoms with Gasteiger partial charge in [-0.1, -0.05) is 30.9 Å². The zero-order valence-corrected chi connectivity index (χ0v) is 15.6. The van der Waals surface area contributed by atoms with E-state index in [4.69, 9.17) is 4.74 Å². The van der Waals surface area contributed by atoms with Crippen LogP contribution in [0.25, 0.3) is 6.08 Å². The number of nitrogens with zero attached hydrogens (tertiary/aromatic N) is 1. The van der Waals surface area contributed by atoms with Gasteiger partial charge < -0.3 is 10.1 Å². The van der Waals surface area contributed by atoms with Crippen LogP contribution in [-0.2, 0) is 4.79 Å². The molecule has 1 fully saturated rings. The van der Waals surface area contributed by atoms with Gasteiger partial charge in [0.25, 0.3) is 5.91 Å². The second-order valence-electron chi connectivity index (χ2n) is 5.92. The molecule has 0 bridgehead atoms. The van der Waals surface area contributed by atoms with Crippen molar-refractivity contribution in [3.05, 3.63) is 76.7 Å². The minimum absolute atomic E-state index is 0.135. The molecule has 0 atom stereocenters. The number of aliphatic imine (C=N–C) groups is 1. The van der Waals surface area contributed by atoms with Crippen molar-refractivity contribution in [2.75, 3.05) is 6.61 Å². The number of hydrogen-bond donors (Lipinski definition) is 1. The van der Waals surface area contributed by atoms with Crippen molar-refractivity contribution in [1.29, 1.82) is 0 Å². The van der Waals surface area contributed by atoms with Gasteiger partial charge in [-0.05, 0) is 72.6 Å². The lowest BCUT2D eigenvalue weighted by Gasteiger charge is -2.03. The third-order valence-electron chi connectivity index (χ3n) is 3.92. The van der Waals surface area contributed by atoms with Crippen molar-refractivity contribution in [3.63, 3.8) is 0 Å². The highest BCUT2D eigenvalue weighted by atomic mass is 32.2. The molecule has 132 valence electrons. The largest absolute Gasteiger partial charge is 0.490 e. The second-order valence-corrected chi connectivity index (χ2v) is 6.95. The van der Waals surface area contributed by atoms with Crippen LogP contribution in [-0.4, -0.2) is 17.7 Å². The molecule has 1 saturated heterocycles. The van der Waals surface area contributed by atoms with Crippen LogP contribution in [0.3, 0.4) is 0 Å². The van der Waals surface area contributed by atoms with Gasteiger partial charge in [0.05, 0.1) is 10.6 Å². The minimum Gasteiger partial charge on any atom is -0.490 e. The molecule has 3 rings (SSSR count). The number of ether oxygens (including phenoxy) is 1. The molecule has 0 radical (unpaired) electrons. The molecule has 1 amide bonds. The van der Waals surface area contributed by atoms with Crippen LogP contribution in [0.4, 0.5) is 5.69 Å². The standard InChI is InChI=1S/C21H20N2O2S/c1-4-11-25-18-9-6-16(7-10-18)13-19-20(24)23-21(26-19)22-17-8-5-14(2)15(3)12-17/h4-10,12-13H,1,11H2,2-3H3,(H,22,23,24)/b19-13-.